The first-order valence-electron chi connectivity index (χ1n) is 11.3. The van der Waals surface area contributed by atoms with Crippen molar-refractivity contribution in [1.82, 2.24) is 4.98 Å². The van der Waals surface area contributed by atoms with Gasteiger partial charge in [0, 0.05) is 48.5 Å². The summed E-state index contributed by atoms with van der Waals surface area (Å²) in [5.41, 5.74) is 1.90. The smallest absolute Gasteiger partial charge is 0.271 e. The van der Waals surface area contributed by atoms with Crippen LogP contribution in [0.1, 0.15) is 42.0 Å². The Hall–Kier alpha value is -3.32. The molecule has 5 nitrogen and oxygen atoms in total. The Bertz CT molecular complexity index is 1270. The fraction of sp³-hybridized carbons (Fsp3) is 0.296. The van der Waals surface area contributed by atoms with Crippen LogP contribution in [0.4, 0.5) is 14.6 Å². The van der Waals surface area contributed by atoms with E-state index in [1.165, 1.54) is 12.1 Å². The van der Waals surface area contributed by atoms with E-state index in [1.54, 1.807) is 30.5 Å². The number of nitrogens with one attached hydrogen (secondary N) is 1. The van der Waals surface area contributed by atoms with E-state index in [0.717, 1.165) is 30.9 Å². The van der Waals surface area contributed by atoms with Crippen LogP contribution in [-0.4, -0.2) is 16.7 Å². The van der Waals surface area contributed by atoms with Gasteiger partial charge in [-0.3, -0.25) is 9.59 Å². The molecule has 1 heterocycles. The number of halogens is 3. The van der Waals surface area contributed by atoms with Gasteiger partial charge in [-0.15, -0.1) is 0 Å². The maximum Gasteiger partial charge on any atom is 0.271 e. The highest BCUT2D eigenvalue weighted by molar-refractivity contribution is 6.31. The van der Waals surface area contributed by atoms with E-state index in [-0.39, 0.29) is 41.0 Å². The van der Waals surface area contributed by atoms with Gasteiger partial charge in [-0.25, -0.2) is 13.8 Å². The van der Waals surface area contributed by atoms with Gasteiger partial charge in [0.05, 0.1) is 0 Å². The summed E-state index contributed by atoms with van der Waals surface area (Å²) in [6.07, 6.45) is 3.58. The standard InChI is InChI=1S/C27H25ClF2N2O3/c1-16-11-21(35-22-9-10-31-25(15-22)32-26(34)18-4-5-18)7-6-19(16)14-20(33)12-17-3-8-24(28)23(13-17)27(2,29)30/h3,6-11,13,15,18H,4-5,12,14H2,1-2H3,(H,31,32,34). The van der Waals surface area contributed by atoms with E-state index >= 15 is 0 Å². The number of nitrogens with zero attached hydrogens (tertiary/aromatic N) is 1. The van der Waals surface area contributed by atoms with Gasteiger partial charge in [0.2, 0.25) is 5.91 Å². The lowest BCUT2D eigenvalue weighted by Gasteiger charge is -2.14. The second-order valence-corrected chi connectivity index (χ2v) is 9.33. The quantitative estimate of drug-likeness (QED) is 0.358. The Morgan fingerprint density at radius 1 is 1.09 bits per heavy atom. The summed E-state index contributed by atoms with van der Waals surface area (Å²) >= 11 is 5.89. The molecule has 1 aliphatic carbocycles. The number of amides is 1. The monoisotopic (exact) mass is 498 g/mol. The molecule has 1 N–H and O–H groups in total. The first-order chi connectivity index (χ1) is 16.6. The summed E-state index contributed by atoms with van der Waals surface area (Å²) < 4.78 is 33.4. The first kappa shape index (κ1) is 24.8. The lowest BCUT2D eigenvalue weighted by molar-refractivity contribution is -0.118. The molecular weight excluding hydrogens is 474 g/mol. The predicted octanol–water partition coefficient (Wildman–Crippen LogP) is 6.65. The van der Waals surface area contributed by atoms with Crippen molar-refractivity contribution in [3.8, 4) is 11.5 Å². The highest BCUT2D eigenvalue weighted by Crippen LogP contribution is 2.34. The van der Waals surface area contributed by atoms with Crippen molar-refractivity contribution in [3.63, 3.8) is 0 Å². The van der Waals surface area contributed by atoms with Crippen molar-refractivity contribution < 1.29 is 23.1 Å². The van der Waals surface area contributed by atoms with Crippen LogP contribution >= 0.6 is 11.6 Å². The van der Waals surface area contributed by atoms with Gasteiger partial charge < -0.3 is 10.1 Å². The Morgan fingerprint density at radius 2 is 1.83 bits per heavy atom. The van der Waals surface area contributed by atoms with Gasteiger partial charge in [0.1, 0.15) is 23.1 Å². The second kappa shape index (κ2) is 10.1. The summed E-state index contributed by atoms with van der Waals surface area (Å²) in [6, 6.07) is 13.0. The number of aryl methyl sites for hydroxylation is 1. The highest BCUT2D eigenvalue weighted by Gasteiger charge is 2.30. The molecule has 0 radical (unpaired) electrons. The molecule has 1 fully saturated rings. The largest absolute Gasteiger partial charge is 0.457 e. The normalized spacial score (nSPS) is 13.4. The summed E-state index contributed by atoms with van der Waals surface area (Å²) in [7, 11) is 0. The molecule has 1 aliphatic rings. The molecule has 0 aliphatic heterocycles. The topological polar surface area (TPSA) is 68.3 Å². The number of alkyl halides is 2. The molecule has 8 heteroatoms. The van der Waals surface area contributed by atoms with Crippen LogP contribution in [-0.2, 0) is 28.4 Å². The first-order valence-corrected chi connectivity index (χ1v) is 11.7. The van der Waals surface area contributed by atoms with Gasteiger partial charge in [-0.2, -0.15) is 0 Å². The summed E-state index contributed by atoms with van der Waals surface area (Å²) in [6.45, 7) is 2.66. The summed E-state index contributed by atoms with van der Waals surface area (Å²) in [5, 5.41) is 2.77. The predicted molar refractivity (Wildman–Crippen MR) is 130 cm³/mol. The third-order valence-electron chi connectivity index (χ3n) is 5.77. The number of ketones is 1. The average Bonchev–Trinajstić information content (AvgIpc) is 3.62. The third kappa shape index (κ3) is 6.63. The van der Waals surface area contributed by atoms with E-state index in [4.69, 9.17) is 16.3 Å². The molecule has 0 spiro atoms. The van der Waals surface area contributed by atoms with Crippen molar-refractivity contribution in [2.45, 2.75) is 45.5 Å². The highest BCUT2D eigenvalue weighted by atomic mass is 35.5. The minimum absolute atomic E-state index is 0.0215. The molecule has 0 saturated heterocycles. The van der Waals surface area contributed by atoms with Gasteiger partial charge in [-0.05, 0) is 66.8 Å². The Balaban J connectivity index is 1.39. The number of pyridine rings is 1. The zero-order valence-electron chi connectivity index (χ0n) is 19.4. The van der Waals surface area contributed by atoms with Crippen LogP contribution in [0.5, 0.6) is 11.5 Å². The van der Waals surface area contributed by atoms with Crippen molar-refractivity contribution in [2.24, 2.45) is 5.92 Å². The number of hydrogen-bond donors (Lipinski definition) is 1. The number of aromatic nitrogens is 1. The summed E-state index contributed by atoms with van der Waals surface area (Å²) in [4.78, 5) is 28.7. The molecule has 1 aromatic heterocycles. The number of ether oxygens (including phenoxy) is 1. The Kier molecular flexibility index (Phi) is 7.17. The second-order valence-electron chi connectivity index (χ2n) is 8.93. The van der Waals surface area contributed by atoms with Gasteiger partial charge in [-0.1, -0.05) is 23.7 Å². The molecule has 1 saturated carbocycles. The van der Waals surface area contributed by atoms with Gasteiger partial charge in [0.15, 0.2) is 0 Å². The number of rotatable bonds is 9. The fourth-order valence-corrected chi connectivity index (χ4v) is 3.99. The van der Waals surface area contributed by atoms with E-state index in [0.29, 0.717) is 22.9 Å². The minimum Gasteiger partial charge on any atom is -0.457 e. The molecule has 182 valence electrons. The van der Waals surface area contributed by atoms with Crippen molar-refractivity contribution in [2.75, 3.05) is 5.32 Å². The molecule has 3 aromatic rings. The number of Topliss-reactive ketones (excluding diaryl/α,β-unsaturated/α-hetero) is 1. The lowest BCUT2D eigenvalue weighted by Crippen LogP contribution is -2.14. The van der Waals surface area contributed by atoms with Crippen molar-refractivity contribution in [3.05, 3.63) is 82.0 Å². The Morgan fingerprint density at radius 3 is 2.51 bits per heavy atom. The van der Waals surface area contributed by atoms with E-state index in [9.17, 15) is 18.4 Å². The van der Waals surface area contributed by atoms with Crippen LogP contribution in [0.2, 0.25) is 5.02 Å². The SMILES string of the molecule is Cc1cc(Oc2ccnc(NC(=O)C3CC3)c2)ccc1CC(=O)Cc1ccc(Cl)c(C(C)(F)F)c1. The number of carbonyl (C=O) groups is 2. The van der Waals surface area contributed by atoms with E-state index in [1.807, 2.05) is 19.1 Å². The van der Waals surface area contributed by atoms with Crippen molar-refractivity contribution in [1.29, 1.82) is 0 Å². The third-order valence-corrected chi connectivity index (χ3v) is 6.10. The summed E-state index contributed by atoms with van der Waals surface area (Å²) in [5.74, 6) is -1.59. The average molecular weight is 499 g/mol. The van der Waals surface area contributed by atoms with Crippen LogP contribution in [0, 0.1) is 12.8 Å². The maximum absolute atomic E-state index is 13.7. The van der Waals surface area contributed by atoms with Crippen molar-refractivity contribution >= 4 is 29.1 Å². The van der Waals surface area contributed by atoms with E-state index < -0.39 is 5.92 Å². The molecule has 2 aromatic carbocycles. The number of anilines is 1. The van der Waals surface area contributed by atoms with Gasteiger partial charge in [0.25, 0.3) is 5.92 Å². The molecular formula is C27H25ClF2N2O3. The number of benzene rings is 2. The lowest BCUT2D eigenvalue weighted by atomic mass is 9.97. The minimum atomic E-state index is -3.08. The molecule has 0 bridgehead atoms. The van der Waals surface area contributed by atoms with Crippen LogP contribution in [0.3, 0.4) is 0 Å². The fourth-order valence-electron chi connectivity index (χ4n) is 3.70. The Labute approximate surface area is 207 Å². The number of hydrogen-bond acceptors (Lipinski definition) is 4. The molecule has 0 unspecified atom stereocenters. The van der Waals surface area contributed by atoms with Crippen LogP contribution < -0.4 is 10.1 Å². The molecule has 4 rings (SSSR count). The van der Waals surface area contributed by atoms with Gasteiger partial charge >= 0.3 is 0 Å². The molecule has 1 amide bonds. The zero-order chi connectivity index (χ0) is 25.2. The van der Waals surface area contributed by atoms with Crippen LogP contribution in [0.25, 0.3) is 0 Å². The molecule has 35 heavy (non-hydrogen) atoms. The maximum atomic E-state index is 13.7. The zero-order valence-corrected chi connectivity index (χ0v) is 20.2. The molecule has 0 atom stereocenters. The number of carbonyl (C=O) groups excluding carboxylic acids is 2. The van der Waals surface area contributed by atoms with E-state index in [2.05, 4.69) is 10.3 Å². The van der Waals surface area contributed by atoms with Crippen LogP contribution in [0.15, 0.2) is 54.7 Å².